The number of carbonyl (C=O) groups excluding carboxylic acids is 1. The summed E-state index contributed by atoms with van der Waals surface area (Å²) in [5, 5.41) is 11.9. The van der Waals surface area contributed by atoms with Crippen molar-refractivity contribution >= 4 is 28.1 Å². The summed E-state index contributed by atoms with van der Waals surface area (Å²) in [6.45, 7) is 2.82. The number of fused-ring (bicyclic) bond motifs is 2. The summed E-state index contributed by atoms with van der Waals surface area (Å²) in [7, 11) is 0. The number of amides is 1. The molecular formula is C27H25N5O2. The predicted molar refractivity (Wildman–Crippen MR) is 131 cm³/mol. The minimum atomic E-state index is -0.772. The molecule has 2 aliphatic rings. The lowest BCUT2D eigenvalue weighted by molar-refractivity contribution is -0.123. The predicted octanol–water partition coefficient (Wildman–Crippen LogP) is 3.80. The minimum Gasteiger partial charge on any atom is -0.299 e. The Kier molecular flexibility index (Phi) is 4.81. The van der Waals surface area contributed by atoms with Crippen molar-refractivity contribution in [2.24, 2.45) is 5.92 Å². The normalized spacial score (nSPS) is 19.6. The molecule has 1 atom stereocenters. The van der Waals surface area contributed by atoms with Crippen molar-refractivity contribution in [3.8, 4) is 0 Å². The molecule has 7 heteroatoms. The number of pyridine rings is 1. The number of hydrogen-bond donors (Lipinski definition) is 2. The third-order valence-corrected chi connectivity index (χ3v) is 6.94. The van der Waals surface area contributed by atoms with Crippen LogP contribution in [0.3, 0.4) is 0 Å². The molecule has 1 saturated carbocycles. The van der Waals surface area contributed by atoms with Crippen molar-refractivity contribution in [3.63, 3.8) is 0 Å². The highest BCUT2D eigenvalue weighted by Crippen LogP contribution is 2.44. The van der Waals surface area contributed by atoms with Crippen molar-refractivity contribution in [1.82, 2.24) is 20.5 Å². The molecule has 170 valence electrons. The van der Waals surface area contributed by atoms with Crippen LogP contribution in [0.1, 0.15) is 36.6 Å². The van der Waals surface area contributed by atoms with Crippen LogP contribution < -0.4 is 15.8 Å². The lowest BCUT2D eigenvalue weighted by Gasteiger charge is -2.26. The summed E-state index contributed by atoms with van der Waals surface area (Å²) in [4.78, 5) is 32.1. The highest BCUT2D eigenvalue weighted by Gasteiger charge is 2.48. The highest BCUT2D eigenvalue weighted by molar-refractivity contribution is 6.12. The molecule has 34 heavy (non-hydrogen) atoms. The van der Waals surface area contributed by atoms with Crippen molar-refractivity contribution in [1.29, 1.82) is 0 Å². The fraction of sp³-hybridized carbons (Fsp3) is 0.259. The average molecular weight is 452 g/mol. The largest absolute Gasteiger partial charge is 0.299 e. The van der Waals surface area contributed by atoms with E-state index in [0.717, 1.165) is 40.1 Å². The lowest BCUT2D eigenvalue weighted by Crippen LogP contribution is -2.48. The topological polar surface area (TPSA) is 91.0 Å². The van der Waals surface area contributed by atoms with Gasteiger partial charge in [-0.25, -0.2) is 5.10 Å². The van der Waals surface area contributed by atoms with E-state index in [4.69, 9.17) is 0 Å². The quantitative estimate of drug-likeness (QED) is 0.465. The van der Waals surface area contributed by atoms with Crippen LogP contribution in [0, 0.1) is 5.92 Å². The monoisotopic (exact) mass is 451 g/mol. The zero-order valence-corrected chi connectivity index (χ0v) is 18.9. The van der Waals surface area contributed by atoms with Crippen LogP contribution in [0.15, 0.2) is 71.8 Å². The third-order valence-electron chi connectivity index (χ3n) is 6.94. The van der Waals surface area contributed by atoms with Gasteiger partial charge in [-0.05, 0) is 56.0 Å². The first-order chi connectivity index (χ1) is 16.5. The van der Waals surface area contributed by atoms with Gasteiger partial charge in [0.15, 0.2) is 0 Å². The van der Waals surface area contributed by atoms with Gasteiger partial charge in [-0.1, -0.05) is 36.4 Å². The number of aromatic amines is 1. The summed E-state index contributed by atoms with van der Waals surface area (Å²) < 4.78 is 0. The van der Waals surface area contributed by atoms with Crippen LogP contribution in [-0.4, -0.2) is 27.6 Å². The maximum Gasteiger partial charge on any atom is 0.272 e. The van der Waals surface area contributed by atoms with Crippen molar-refractivity contribution < 1.29 is 4.79 Å². The minimum absolute atomic E-state index is 0.000848. The average Bonchev–Trinajstić information content (AvgIpc) is 3.67. The molecule has 0 saturated heterocycles. The van der Waals surface area contributed by atoms with Gasteiger partial charge in [0.1, 0.15) is 5.54 Å². The number of carbonyl (C=O) groups is 1. The van der Waals surface area contributed by atoms with Gasteiger partial charge < -0.3 is 0 Å². The van der Waals surface area contributed by atoms with Crippen LogP contribution in [0.2, 0.25) is 0 Å². The number of hydrogen-bond acceptors (Lipinski definition) is 5. The summed E-state index contributed by atoms with van der Waals surface area (Å²) in [6.07, 6.45) is 6.44. The van der Waals surface area contributed by atoms with Gasteiger partial charge in [-0.2, -0.15) is 5.10 Å². The molecule has 1 aliphatic carbocycles. The molecule has 4 aromatic rings. The first-order valence-electron chi connectivity index (χ1n) is 11.6. The van der Waals surface area contributed by atoms with Crippen LogP contribution in [0.4, 0.5) is 11.4 Å². The van der Waals surface area contributed by atoms with E-state index in [-0.39, 0.29) is 11.5 Å². The zero-order chi connectivity index (χ0) is 23.3. The van der Waals surface area contributed by atoms with Crippen LogP contribution >= 0.6 is 0 Å². The molecule has 1 amide bonds. The van der Waals surface area contributed by atoms with Gasteiger partial charge in [-0.15, -0.1) is 0 Å². The Morgan fingerprint density at radius 2 is 1.82 bits per heavy atom. The number of rotatable bonds is 6. The molecule has 0 spiro atoms. The summed E-state index contributed by atoms with van der Waals surface area (Å²) in [5.74, 6) is 0.663. The second-order valence-corrected chi connectivity index (χ2v) is 9.38. The summed E-state index contributed by atoms with van der Waals surface area (Å²) in [6, 6.07) is 17.4. The number of nitrogens with zero attached hydrogens (tertiary/aromatic N) is 3. The molecule has 0 radical (unpaired) electrons. The third kappa shape index (κ3) is 3.40. The maximum absolute atomic E-state index is 13.8. The van der Waals surface area contributed by atoms with E-state index < -0.39 is 5.54 Å². The first-order valence-corrected chi connectivity index (χ1v) is 11.6. The van der Waals surface area contributed by atoms with E-state index in [1.165, 1.54) is 12.8 Å². The molecule has 1 unspecified atom stereocenters. The van der Waals surface area contributed by atoms with E-state index in [0.29, 0.717) is 17.7 Å². The zero-order valence-electron chi connectivity index (χ0n) is 18.9. The molecule has 2 N–H and O–H groups in total. The number of nitrogens with one attached hydrogen (secondary N) is 2. The number of para-hydroxylation sites is 1. The van der Waals surface area contributed by atoms with Gasteiger partial charge in [-0.3, -0.25) is 24.8 Å². The highest BCUT2D eigenvalue weighted by atomic mass is 16.2. The molecule has 0 bridgehead atoms. The molecule has 6 rings (SSSR count). The van der Waals surface area contributed by atoms with Gasteiger partial charge >= 0.3 is 0 Å². The molecule has 1 fully saturated rings. The first kappa shape index (κ1) is 20.7. The van der Waals surface area contributed by atoms with E-state index >= 15 is 0 Å². The van der Waals surface area contributed by atoms with Gasteiger partial charge in [0.25, 0.3) is 11.5 Å². The summed E-state index contributed by atoms with van der Waals surface area (Å²) in [5.41, 5.74) is 3.28. The number of H-pyrrole nitrogens is 1. The van der Waals surface area contributed by atoms with E-state index in [1.807, 2.05) is 55.5 Å². The van der Waals surface area contributed by atoms with E-state index in [9.17, 15) is 9.59 Å². The Morgan fingerprint density at radius 1 is 1.06 bits per heavy atom. The number of benzene rings is 2. The van der Waals surface area contributed by atoms with E-state index in [2.05, 4.69) is 20.5 Å². The molecule has 1 aliphatic heterocycles. The Hall–Kier alpha value is -3.84. The summed E-state index contributed by atoms with van der Waals surface area (Å²) >= 11 is 0. The fourth-order valence-corrected chi connectivity index (χ4v) is 4.83. The van der Waals surface area contributed by atoms with Crippen LogP contribution in [0.25, 0.3) is 10.8 Å². The molecular weight excluding hydrogens is 426 g/mol. The second kappa shape index (κ2) is 7.88. The Bertz CT molecular complexity index is 1480. The molecule has 7 nitrogen and oxygen atoms in total. The van der Waals surface area contributed by atoms with Crippen LogP contribution in [0.5, 0.6) is 0 Å². The Morgan fingerprint density at radius 3 is 2.65 bits per heavy atom. The number of aromatic nitrogens is 3. The van der Waals surface area contributed by atoms with Gasteiger partial charge in [0.05, 0.1) is 28.7 Å². The number of anilines is 2. The Labute approximate surface area is 196 Å². The maximum atomic E-state index is 13.8. The lowest BCUT2D eigenvalue weighted by atomic mass is 9.93. The van der Waals surface area contributed by atoms with Crippen molar-refractivity contribution in [2.45, 2.75) is 31.7 Å². The SMILES string of the molecule is CC1(NCC2CC2)C(=O)N(c2cncc(Cc3n[nH]c(=O)c4ccccc34)c2)c2ccccc21. The van der Waals surface area contributed by atoms with Gasteiger partial charge in [0, 0.05) is 23.6 Å². The standard InChI is InChI=1S/C27H25N5O2/c1-27(29-15-17-10-11-17)22-8-4-5-9-24(22)32(26(27)34)19-12-18(14-28-16-19)13-23-20-6-2-3-7-21(20)25(33)31-30-23/h2-9,12,14,16-17,29H,10-11,13,15H2,1H3,(H,31,33). The molecule has 2 aromatic carbocycles. The fourth-order valence-electron chi connectivity index (χ4n) is 4.83. The molecule has 3 heterocycles. The Balaban J connectivity index is 1.36. The van der Waals surface area contributed by atoms with Crippen LogP contribution in [-0.2, 0) is 16.8 Å². The van der Waals surface area contributed by atoms with Crippen molar-refractivity contribution in [2.75, 3.05) is 11.4 Å². The van der Waals surface area contributed by atoms with Crippen molar-refractivity contribution in [3.05, 3.63) is 94.2 Å². The second-order valence-electron chi connectivity index (χ2n) is 9.38. The smallest absolute Gasteiger partial charge is 0.272 e. The van der Waals surface area contributed by atoms with E-state index in [1.54, 1.807) is 23.4 Å². The molecule has 2 aromatic heterocycles. The van der Waals surface area contributed by atoms with Gasteiger partial charge in [0.2, 0.25) is 0 Å².